The Labute approximate surface area is 143 Å². The largest absolute Gasteiger partial charge is 0.369 e. The molecular formula is C19H39N3O. The lowest BCUT2D eigenvalue weighted by Crippen LogP contribution is -2.33. The molecule has 1 heterocycles. The first-order valence-corrected chi connectivity index (χ1v) is 9.63. The molecule has 0 aromatic rings. The highest BCUT2D eigenvalue weighted by Gasteiger charge is 2.25. The Morgan fingerprint density at radius 1 is 1.13 bits per heavy atom. The SMILES string of the molecule is CC(C)CCC(CCC(C)C)NCCCN1CCC(C(N)=O)C1. The molecule has 1 aliphatic rings. The molecule has 136 valence electrons. The second-order valence-electron chi connectivity index (χ2n) is 8.14. The van der Waals surface area contributed by atoms with Gasteiger partial charge in [0, 0.05) is 12.6 Å². The lowest BCUT2D eigenvalue weighted by atomic mass is 9.97. The van der Waals surface area contributed by atoms with Crippen molar-refractivity contribution >= 4 is 5.91 Å². The number of carbonyl (C=O) groups excluding carboxylic acids is 1. The van der Waals surface area contributed by atoms with Crippen molar-refractivity contribution in [1.29, 1.82) is 0 Å². The summed E-state index contributed by atoms with van der Waals surface area (Å²) in [6.07, 6.45) is 7.29. The standard InChI is InChI=1S/C19H39N3O/c1-15(2)6-8-18(9-7-16(3)4)21-11-5-12-22-13-10-17(14-22)19(20)23/h15-18,21H,5-14H2,1-4H3,(H2,20,23). The number of rotatable bonds is 12. The van der Waals surface area contributed by atoms with E-state index in [1.165, 1.54) is 25.7 Å². The van der Waals surface area contributed by atoms with Gasteiger partial charge in [0.1, 0.15) is 0 Å². The van der Waals surface area contributed by atoms with Crippen LogP contribution in [0.3, 0.4) is 0 Å². The van der Waals surface area contributed by atoms with E-state index in [-0.39, 0.29) is 11.8 Å². The molecule has 4 nitrogen and oxygen atoms in total. The van der Waals surface area contributed by atoms with Crippen molar-refractivity contribution in [2.45, 2.75) is 72.3 Å². The second kappa shape index (κ2) is 11.0. The van der Waals surface area contributed by atoms with E-state index in [0.717, 1.165) is 50.9 Å². The number of likely N-dealkylation sites (tertiary alicyclic amines) is 1. The van der Waals surface area contributed by atoms with Gasteiger partial charge in [0.15, 0.2) is 0 Å². The number of nitrogens with one attached hydrogen (secondary N) is 1. The number of hydrogen-bond acceptors (Lipinski definition) is 3. The van der Waals surface area contributed by atoms with Gasteiger partial charge in [-0.15, -0.1) is 0 Å². The lowest BCUT2D eigenvalue weighted by Gasteiger charge is -2.22. The van der Waals surface area contributed by atoms with E-state index in [1.807, 2.05) is 0 Å². The van der Waals surface area contributed by atoms with Crippen LogP contribution in [-0.4, -0.2) is 43.0 Å². The van der Waals surface area contributed by atoms with E-state index >= 15 is 0 Å². The molecule has 1 unspecified atom stereocenters. The summed E-state index contributed by atoms with van der Waals surface area (Å²) in [5.41, 5.74) is 5.39. The smallest absolute Gasteiger partial charge is 0.221 e. The van der Waals surface area contributed by atoms with Crippen LogP contribution in [0.1, 0.15) is 66.2 Å². The number of nitrogens with two attached hydrogens (primary N) is 1. The zero-order valence-electron chi connectivity index (χ0n) is 15.8. The average molecular weight is 326 g/mol. The highest BCUT2D eigenvalue weighted by molar-refractivity contribution is 5.77. The quantitative estimate of drug-likeness (QED) is 0.542. The Kier molecular flexibility index (Phi) is 9.80. The van der Waals surface area contributed by atoms with Gasteiger partial charge in [-0.3, -0.25) is 4.79 Å². The molecule has 0 bridgehead atoms. The van der Waals surface area contributed by atoms with E-state index in [1.54, 1.807) is 0 Å². The van der Waals surface area contributed by atoms with Crippen molar-refractivity contribution < 1.29 is 4.79 Å². The van der Waals surface area contributed by atoms with Crippen molar-refractivity contribution in [3.8, 4) is 0 Å². The van der Waals surface area contributed by atoms with Crippen LogP contribution in [0.25, 0.3) is 0 Å². The minimum absolute atomic E-state index is 0.0767. The van der Waals surface area contributed by atoms with Gasteiger partial charge >= 0.3 is 0 Å². The second-order valence-corrected chi connectivity index (χ2v) is 8.14. The molecule has 1 atom stereocenters. The van der Waals surface area contributed by atoms with E-state index in [2.05, 4.69) is 37.9 Å². The Balaban J connectivity index is 2.19. The molecule has 4 heteroatoms. The monoisotopic (exact) mass is 325 g/mol. The minimum Gasteiger partial charge on any atom is -0.369 e. The summed E-state index contributed by atoms with van der Waals surface area (Å²) in [5.74, 6) is 1.52. The first-order chi connectivity index (χ1) is 10.9. The fourth-order valence-corrected chi connectivity index (χ4v) is 3.29. The Bertz CT molecular complexity index is 319. The Morgan fingerprint density at radius 2 is 1.74 bits per heavy atom. The van der Waals surface area contributed by atoms with Crippen LogP contribution in [0.15, 0.2) is 0 Å². The zero-order chi connectivity index (χ0) is 17.2. The fraction of sp³-hybridized carbons (Fsp3) is 0.947. The molecule has 3 N–H and O–H groups in total. The predicted molar refractivity (Wildman–Crippen MR) is 98.3 cm³/mol. The van der Waals surface area contributed by atoms with Crippen molar-refractivity contribution in [2.75, 3.05) is 26.2 Å². The minimum atomic E-state index is -0.131. The van der Waals surface area contributed by atoms with Crippen LogP contribution >= 0.6 is 0 Å². The molecule has 0 radical (unpaired) electrons. The van der Waals surface area contributed by atoms with Crippen LogP contribution in [-0.2, 0) is 4.79 Å². The molecule has 0 aliphatic carbocycles. The van der Waals surface area contributed by atoms with E-state index < -0.39 is 0 Å². The zero-order valence-corrected chi connectivity index (χ0v) is 15.8. The van der Waals surface area contributed by atoms with Crippen LogP contribution in [0.5, 0.6) is 0 Å². The van der Waals surface area contributed by atoms with Gasteiger partial charge in [0.25, 0.3) is 0 Å². The number of primary amides is 1. The van der Waals surface area contributed by atoms with Gasteiger partial charge in [-0.25, -0.2) is 0 Å². The molecule has 0 saturated carbocycles. The van der Waals surface area contributed by atoms with E-state index in [0.29, 0.717) is 6.04 Å². The molecule has 1 fully saturated rings. The summed E-state index contributed by atoms with van der Waals surface area (Å²) in [7, 11) is 0. The topological polar surface area (TPSA) is 58.4 Å². The number of carbonyl (C=O) groups is 1. The molecule has 0 spiro atoms. The van der Waals surface area contributed by atoms with Gasteiger partial charge in [-0.05, 0) is 70.0 Å². The van der Waals surface area contributed by atoms with Crippen molar-refractivity contribution in [1.82, 2.24) is 10.2 Å². The molecule has 1 saturated heterocycles. The molecule has 1 aliphatic heterocycles. The summed E-state index contributed by atoms with van der Waals surface area (Å²) in [5, 5.41) is 3.77. The predicted octanol–water partition coefficient (Wildman–Crippen LogP) is 3.01. The number of hydrogen-bond donors (Lipinski definition) is 2. The lowest BCUT2D eigenvalue weighted by molar-refractivity contribution is -0.121. The summed E-state index contributed by atoms with van der Waals surface area (Å²) in [6, 6.07) is 0.664. The van der Waals surface area contributed by atoms with Crippen LogP contribution < -0.4 is 11.1 Å². The van der Waals surface area contributed by atoms with Gasteiger partial charge < -0.3 is 16.0 Å². The summed E-state index contributed by atoms with van der Waals surface area (Å²) >= 11 is 0. The first-order valence-electron chi connectivity index (χ1n) is 9.63. The highest BCUT2D eigenvalue weighted by atomic mass is 16.1. The average Bonchev–Trinajstić information content (AvgIpc) is 2.94. The number of nitrogens with zero attached hydrogens (tertiary/aromatic N) is 1. The number of amides is 1. The maximum atomic E-state index is 11.2. The molecule has 23 heavy (non-hydrogen) atoms. The third-order valence-corrected chi connectivity index (χ3v) is 4.94. The summed E-state index contributed by atoms with van der Waals surface area (Å²) in [6.45, 7) is 13.3. The Hall–Kier alpha value is -0.610. The third-order valence-electron chi connectivity index (χ3n) is 4.94. The van der Waals surface area contributed by atoms with E-state index in [9.17, 15) is 4.79 Å². The van der Waals surface area contributed by atoms with Crippen LogP contribution in [0.4, 0.5) is 0 Å². The van der Waals surface area contributed by atoms with Gasteiger partial charge in [-0.1, -0.05) is 27.7 Å². The normalized spacial score (nSPS) is 19.3. The van der Waals surface area contributed by atoms with E-state index in [4.69, 9.17) is 5.73 Å². The van der Waals surface area contributed by atoms with Crippen molar-refractivity contribution in [2.24, 2.45) is 23.5 Å². The third kappa shape index (κ3) is 9.31. The summed E-state index contributed by atoms with van der Waals surface area (Å²) < 4.78 is 0. The van der Waals surface area contributed by atoms with Crippen LogP contribution in [0, 0.1) is 17.8 Å². The van der Waals surface area contributed by atoms with Gasteiger partial charge in [0.2, 0.25) is 5.91 Å². The molecular weight excluding hydrogens is 286 g/mol. The molecule has 0 aromatic heterocycles. The van der Waals surface area contributed by atoms with Crippen LogP contribution in [0.2, 0.25) is 0 Å². The Morgan fingerprint density at radius 3 is 2.22 bits per heavy atom. The fourth-order valence-electron chi connectivity index (χ4n) is 3.29. The van der Waals surface area contributed by atoms with Crippen molar-refractivity contribution in [3.05, 3.63) is 0 Å². The summed E-state index contributed by atoms with van der Waals surface area (Å²) in [4.78, 5) is 13.6. The first kappa shape index (κ1) is 20.4. The van der Waals surface area contributed by atoms with Gasteiger partial charge in [-0.2, -0.15) is 0 Å². The highest BCUT2D eigenvalue weighted by Crippen LogP contribution is 2.16. The molecule has 1 rings (SSSR count). The maximum absolute atomic E-state index is 11.2. The maximum Gasteiger partial charge on any atom is 0.221 e. The van der Waals surface area contributed by atoms with Crippen molar-refractivity contribution in [3.63, 3.8) is 0 Å². The molecule has 1 amide bonds. The molecule has 0 aromatic carbocycles. The van der Waals surface area contributed by atoms with Gasteiger partial charge in [0.05, 0.1) is 5.92 Å².